The zero-order chi connectivity index (χ0) is 21.8. The second-order valence-electron chi connectivity index (χ2n) is 8.22. The second kappa shape index (κ2) is 11.4. The van der Waals surface area contributed by atoms with Crippen molar-refractivity contribution in [3.63, 3.8) is 0 Å². The Morgan fingerprint density at radius 2 is 1.66 bits per heavy atom. The quantitative estimate of drug-likeness (QED) is 0.176. The molecule has 0 atom stereocenters. The van der Waals surface area contributed by atoms with Gasteiger partial charge in [-0.2, -0.15) is 6.08 Å². The third kappa shape index (κ3) is 4.92. The van der Waals surface area contributed by atoms with E-state index in [0.717, 1.165) is 6.42 Å². The second-order valence-corrected chi connectivity index (χ2v) is 8.22. The van der Waals surface area contributed by atoms with E-state index in [0.29, 0.717) is 0 Å². The molecule has 0 radical (unpaired) electrons. The number of fused-ring (bicyclic) bond motifs is 4. The minimum absolute atomic E-state index is 0. The van der Waals surface area contributed by atoms with E-state index in [-0.39, 0.29) is 26.2 Å². The zero-order valence-corrected chi connectivity index (χ0v) is 22.4. The number of benzene rings is 2. The summed E-state index contributed by atoms with van der Waals surface area (Å²) in [6, 6.07) is 22.2. The Morgan fingerprint density at radius 1 is 0.938 bits per heavy atom. The van der Waals surface area contributed by atoms with Gasteiger partial charge in [-0.25, -0.2) is 11.1 Å². The Morgan fingerprint density at radius 3 is 2.34 bits per heavy atom. The van der Waals surface area contributed by atoms with Crippen LogP contribution in [0.15, 0.2) is 77.9 Å². The normalized spacial score (nSPS) is 14.4. The average Bonchev–Trinajstić information content (AvgIpc) is 3.50. The molecule has 0 unspecified atom stereocenters. The van der Waals surface area contributed by atoms with Crippen LogP contribution in [0.4, 0.5) is 0 Å². The summed E-state index contributed by atoms with van der Waals surface area (Å²) in [7, 11) is 0. The largest absolute Gasteiger partial charge is 2.00 e. The van der Waals surface area contributed by atoms with E-state index in [1.807, 2.05) is 0 Å². The van der Waals surface area contributed by atoms with Crippen LogP contribution in [-0.2, 0) is 39.0 Å². The van der Waals surface area contributed by atoms with E-state index in [4.69, 9.17) is 0 Å². The van der Waals surface area contributed by atoms with Gasteiger partial charge in [0.1, 0.15) is 0 Å². The van der Waals surface area contributed by atoms with Crippen molar-refractivity contribution in [1.29, 1.82) is 0 Å². The van der Waals surface area contributed by atoms with Crippen molar-refractivity contribution in [2.45, 2.75) is 46.0 Å². The van der Waals surface area contributed by atoms with Crippen molar-refractivity contribution in [2.24, 2.45) is 0 Å². The maximum absolute atomic E-state index is 4.64. The molecule has 1 nitrogen and oxygen atoms in total. The van der Waals surface area contributed by atoms with Crippen LogP contribution in [0.5, 0.6) is 0 Å². The first-order valence-electron chi connectivity index (χ1n) is 11.1. The Kier molecular flexibility index (Phi) is 8.86. The molecule has 4 aromatic rings. The Labute approximate surface area is 216 Å². The van der Waals surface area contributed by atoms with Gasteiger partial charge in [0.05, 0.1) is 5.52 Å². The summed E-state index contributed by atoms with van der Waals surface area (Å²) < 4.78 is 2.50. The number of hydrogen-bond acceptors (Lipinski definition) is 0. The molecule has 0 fully saturated rings. The predicted molar refractivity (Wildman–Crippen MR) is 136 cm³/mol. The van der Waals surface area contributed by atoms with Crippen molar-refractivity contribution < 1.29 is 26.2 Å². The van der Waals surface area contributed by atoms with Gasteiger partial charge in [-0.05, 0) is 43.0 Å². The third-order valence-corrected chi connectivity index (χ3v) is 6.41. The van der Waals surface area contributed by atoms with E-state index < -0.39 is 0 Å². The van der Waals surface area contributed by atoms with E-state index in [2.05, 4.69) is 103 Å². The van der Waals surface area contributed by atoms with Gasteiger partial charge in [0.25, 0.3) is 0 Å². The van der Waals surface area contributed by atoms with Crippen LogP contribution < -0.4 is 0 Å². The fraction of sp³-hybridized carbons (Fsp3) is 0.276. The SMILES string of the molecule is CC1=[C-]CC=C1C.CCl.[Zr+2].c1ccc2[cH-]c(-n3c4c(c5ccccc53)CCCC4)cc2c1. The molecule has 0 N–H and O–H groups in total. The topological polar surface area (TPSA) is 4.93 Å². The van der Waals surface area contributed by atoms with Crippen molar-refractivity contribution >= 4 is 33.3 Å². The molecule has 0 spiro atoms. The van der Waals surface area contributed by atoms with Crippen LogP contribution in [0.3, 0.4) is 0 Å². The zero-order valence-electron chi connectivity index (χ0n) is 19.2. The molecule has 3 heteroatoms. The molecule has 0 bridgehead atoms. The summed E-state index contributed by atoms with van der Waals surface area (Å²) in [4.78, 5) is 0. The first kappa shape index (κ1) is 24.9. The van der Waals surface area contributed by atoms with Gasteiger partial charge in [-0.15, -0.1) is 66.0 Å². The molecule has 32 heavy (non-hydrogen) atoms. The number of rotatable bonds is 1. The van der Waals surface area contributed by atoms with E-state index in [1.54, 1.807) is 5.56 Å². The molecule has 0 saturated carbocycles. The Hall–Kier alpha value is -1.76. The Bertz CT molecular complexity index is 1210. The number of alkyl halides is 1. The van der Waals surface area contributed by atoms with E-state index in [9.17, 15) is 0 Å². The van der Waals surface area contributed by atoms with Gasteiger partial charge in [0.2, 0.25) is 0 Å². The fourth-order valence-corrected chi connectivity index (χ4v) is 4.70. The monoisotopic (exact) mass is 517 g/mol. The molecule has 3 aromatic carbocycles. The number of aryl methyl sites for hydroxylation is 1. The first-order valence-corrected chi connectivity index (χ1v) is 11.9. The minimum Gasteiger partial charge on any atom is -0.332 e. The molecular weight excluding hydrogens is 489 g/mol. The van der Waals surface area contributed by atoms with Gasteiger partial charge >= 0.3 is 26.2 Å². The number of halogens is 1. The predicted octanol–water partition coefficient (Wildman–Crippen LogP) is 8.32. The summed E-state index contributed by atoms with van der Waals surface area (Å²) in [6.07, 6.45) is 12.9. The smallest absolute Gasteiger partial charge is 0.332 e. The molecule has 0 saturated heterocycles. The molecule has 1 heterocycles. The summed E-state index contributed by atoms with van der Waals surface area (Å²) >= 11 is 4.64. The van der Waals surface area contributed by atoms with Gasteiger partial charge < -0.3 is 4.57 Å². The van der Waals surface area contributed by atoms with Gasteiger partial charge in [-0.3, -0.25) is 6.08 Å². The summed E-state index contributed by atoms with van der Waals surface area (Å²) in [5.41, 5.74) is 8.50. The summed E-state index contributed by atoms with van der Waals surface area (Å²) in [5.74, 6) is 0. The van der Waals surface area contributed by atoms with Crippen LogP contribution in [-0.4, -0.2) is 11.0 Å². The fourth-order valence-electron chi connectivity index (χ4n) is 4.70. The number of para-hydroxylation sites is 1. The summed E-state index contributed by atoms with van der Waals surface area (Å²) in [5, 5.41) is 4.11. The maximum Gasteiger partial charge on any atom is 2.00 e. The molecule has 2 aliphatic carbocycles. The minimum atomic E-state index is 0. The molecule has 1 aromatic heterocycles. The third-order valence-electron chi connectivity index (χ3n) is 6.41. The van der Waals surface area contributed by atoms with Crippen molar-refractivity contribution in [3.05, 3.63) is 95.2 Å². The molecule has 6 rings (SSSR count). The molecule has 2 aliphatic rings. The van der Waals surface area contributed by atoms with Crippen LogP contribution in [0.25, 0.3) is 27.4 Å². The van der Waals surface area contributed by atoms with Crippen molar-refractivity contribution in [3.8, 4) is 5.69 Å². The van der Waals surface area contributed by atoms with Gasteiger partial charge in [-0.1, -0.05) is 31.2 Å². The number of hydrogen-bond donors (Lipinski definition) is 0. The first-order chi connectivity index (χ1) is 15.2. The van der Waals surface area contributed by atoms with Crippen LogP contribution >= 0.6 is 11.6 Å². The number of nitrogens with zero attached hydrogens (tertiary/aromatic N) is 1. The number of aromatic nitrogens is 1. The summed E-state index contributed by atoms with van der Waals surface area (Å²) in [6.45, 7) is 4.22. The molecule has 0 amide bonds. The van der Waals surface area contributed by atoms with Crippen LogP contribution in [0, 0.1) is 6.08 Å². The Balaban J connectivity index is 0.000000248. The van der Waals surface area contributed by atoms with Crippen LogP contribution in [0.2, 0.25) is 0 Å². The molecule has 162 valence electrons. The van der Waals surface area contributed by atoms with Crippen LogP contribution in [0.1, 0.15) is 44.4 Å². The maximum atomic E-state index is 4.64. The standard InChI is InChI=1S/C21H18N.C7H9.CH3Cl.Zr/c1-2-8-16-14-17(13-15(16)7-1)22-20-11-5-3-9-18(20)19-10-4-6-12-21(19)22;1-6-4-3-5-7(6)2;1-2;/h1-3,5,7-9,11,13-14H,4,6,10,12H2;4H,3H2,1-2H3;1H3;/q2*-1;;+2. The van der Waals surface area contributed by atoms with E-state index in [1.165, 1.54) is 76.3 Å². The van der Waals surface area contributed by atoms with Crippen molar-refractivity contribution in [1.82, 2.24) is 4.57 Å². The van der Waals surface area contributed by atoms with Gasteiger partial charge in [0, 0.05) is 17.5 Å². The average molecular weight is 519 g/mol. The number of allylic oxidation sites excluding steroid dienone is 4. The van der Waals surface area contributed by atoms with Gasteiger partial charge in [0.15, 0.2) is 0 Å². The molecule has 0 aliphatic heterocycles. The van der Waals surface area contributed by atoms with Crippen molar-refractivity contribution in [2.75, 3.05) is 6.38 Å². The molecular formula is C29H30ClNZr. The van der Waals surface area contributed by atoms with E-state index >= 15 is 0 Å².